The van der Waals surface area contributed by atoms with Gasteiger partial charge in [-0.15, -0.1) is 0 Å². The second-order valence-electron chi connectivity index (χ2n) is 3.92. The molecular weight excluding hydrogens is 250 g/mol. The lowest BCUT2D eigenvalue weighted by Crippen LogP contribution is -2.25. The van der Waals surface area contributed by atoms with Gasteiger partial charge in [-0.05, 0) is 51.2 Å². The maximum atomic E-state index is 11.6. The molecule has 1 aromatic rings. The number of rotatable bonds is 7. The molecule has 0 radical (unpaired) electrons. The van der Waals surface area contributed by atoms with Gasteiger partial charge in [0, 0.05) is 18.8 Å². The van der Waals surface area contributed by atoms with Gasteiger partial charge < -0.3 is 10.6 Å². The zero-order chi connectivity index (χ0) is 13.6. The molecular formula is C12H21N3O2S. The Morgan fingerprint density at radius 3 is 2.33 bits per heavy atom. The summed E-state index contributed by atoms with van der Waals surface area (Å²) in [6.45, 7) is 4.47. The molecule has 0 saturated carbocycles. The predicted molar refractivity (Wildman–Crippen MR) is 74.2 cm³/mol. The fourth-order valence-corrected chi connectivity index (χ4v) is 2.44. The lowest BCUT2D eigenvalue weighted by molar-refractivity contribution is 0.588. The molecule has 0 aliphatic rings. The van der Waals surface area contributed by atoms with Crippen LogP contribution in [0.1, 0.15) is 13.3 Å². The summed E-state index contributed by atoms with van der Waals surface area (Å²) in [5.74, 6) is 0. The monoisotopic (exact) mass is 271 g/mol. The van der Waals surface area contributed by atoms with Crippen LogP contribution < -0.4 is 15.4 Å². The van der Waals surface area contributed by atoms with Gasteiger partial charge in [0.25, 0.3) is 0 Å². The Morgan fingerprint density at radius 2 is 1.89 bits per heavy atom. The minimum absolute atomic E-state index is 0.281. The van der Waals surface area contributed by atoms with Gasteiger partial charge in [0.15, 0.2) is 0 Å². The fraction of sp³-hybridized carbons (Fsp3) is 0.500. The van der Waals surface area contributed by atoms with E-state index in [-0.39, 0.29) is 4.90 Å². The molecule has 0 spiro atoms. The summed E-state index contributed by atoms with van der Waals surface area (Å²) in [7, 11) is -1.95. The van der Waals surface area contributed by atoms with Gasteiger partial charge in [-0.25, -0.2) is 13.1 Å². The molecule has 0 saturated heterocycles. The SMILES string of the molecule is CCN(CCCN)c1ccc(S(=O)(=O)NC)cc1. The average Bonchev–Trinajstić information content (AvgIpc) is 2.40. The highest BCUT2D eigenvalue weighted by Crippen LogP contribution is 2.17. The zero-order valence-corrected chi connectivity index (χ0v) is 11.7. The van der Waals surface area contributed by atoms with E-state index in [2.05, 4.69) is 16.5 Å². The van der Waals surface area contributed by atoms with E-state index in [0.717, 1.165) is 25.2 Å². The van der Waals surface area contributed by atoms with Crippen molar-refractivity contribution in [3.05, 3.63) is 24.3 Å². The molecule has 3 N–H and O–H groups in total. The predicted octanol–water partition coefficient (Wildman–Crippen LogP) is 0.770. The van der Waals surface area contributed by atoms with Crippen LogP contribution in [0.4, 0.5) is 5.69 Å². The van der Waals surface area contributed by atoms with Gasteiger partial charge in [-0.2, -0.15) is 0 Å². The molecule has 0 unspecified atom stereocenters. The second-order valence-corrected chi connectivity index (χ2v) is 5.81. The summed E-state index contributed by atoms with van der Waals surface area (Å²) in [6, 6.07) is 6.88. The number of benzene rings is 1. The zero-order valence-electron chi connectivity index (χ0n) is 10.9. The Bertz CT molecular complexity index is 457. The Balaban J connectivity index is 2.87. The average molecular weight is 271 g/mol. The van der Waals surface area contributed by atoms with Crippen LogP contribution in [0, 0.1) is 0 Å². The van der Waals surface area contributed by atoms with Crippen molar-refractivity contribution in [1.82, 2.24) is 4.72 Å². The van der Waals surface area contributed by atoms with Crippen LogP contribution in [0.3, 0.4) is 0 Å². The number of sulfonamides is 1. The summed E-state index contributed by atoms with van der Waals surface area (Å²) < 4.78 is 25.5. The first-order valence-electron chi connectivity index (χ1n) is 6.03. The molecule has 102 valence electrons. The lowest BCUT2D eigenvalue weighted by atomic mass is 10.2. The van der Waals surface area contributed by atoms with Crippen molar-refractivity contribution in [2.75, 3.05) is 31.6 Å². The van der Waals surface area contributed by atoms with Crippen molar-refractivity contribution in [2.45, 2.75) is 18.2 Å². The normalized spacial score (nSPS) is 11.5. The number of hydrogen-bond acceptors (Lipinski definition) is 4. The standard InChI is InChI=1S/C12H21N3O2S/c1-3-15(10-4-9-13)11-5-7-12(8-6-11)18(16,17)14-2/h5-8,14H,3-4,9-10,13H2,1-2H3. The van der Waals surface area contributed by atoms with Crippen LogP contribution in [0.15, 0.2) is 29.2 Å². The van der Waals surface area contributed by atoms with Crippen LogP contribution in [-0.4, -0.2) is 35.1 Å². The number of anilines is 1. The third kappa shape index (κ3) is 3.69. The van der Waals surface area contributed by atoms with Crippen LogP contribution in [0.5, 0.6) is 0 Å². The molecule has 0 aliphatic heterocycles. The topological polar surface area (TPSA) is 75.4 Å². The maximum absolute atomic E-state index is 11.6. The Hall–Kier alpha value is -1.11. The first-order chi connectivity index (χ1) is 8.55. The van der Waals surface area contributed by atoms with Crippen molar-refractivity contribution in [1.29, 1.82) is 0 Å². The highest BCUT2D eigenvalue weighted by atomic mass is 32.2. The maximum Gasteiger partial charge on any atom is 0.240 e. The summed E-state index contributed by atoms with van der Waals surface area (Å²) in [5.41, 5.74) is 6.51. The van der Waals surface area contributed by atoms with E-state index in [9.17, 15) is 8.42 Å². The molecule has 0 atom stereocenters. The summed E-state index contributed by atoms with van der Waals surface area (Å²) in [6.07, 6.45) is 0.921. The summed E-state index contributed by atoms with van der Waals surface area (Å²) in [4.78, 5) is 2.45. The number of hydrogen-bond donors (Lipinski definition) is 2. The number of nitrogens with two attached hydrogens (primary N) is 1. The van der Waals surface area contributed by atoms with Gasteiger partial charge in [0.05, 0.1) is 4.90 Å². The molecule has 0 fully saturated rings. The Morgan fingerprint density at radius 1 is 1.28 bits per heavy atom. The van der Waals surface area contributed by atoms with E-state index in [1.165, 1.54) is 7.05 Å². The minimum atomic E-state index is -3.35. The van der Waals surface area contributed by atoms with Crippen LogP contribution >= 0.6 is 0 Å². The molecule has 0 bridgehead atoms. The third-order valence-corrected chi connectivity index (χ3v) is 4.23. The van der Waals surface area contributed by atoms with Crippen molar-refractivity contribution >= 4 is 15.7 Å². The van der Waals surface area contributed by atoms with Crippen molar-refractivity contribution in [3.63, 3.8) is 0 Å². The summed E-state index contributed by atoms with van der Waals surface area (Å²) >= 11 is 0. The summed E-state index contributed by atoms with van der Waals surface area (Å²) in [5, 5.41) is 0. The molecule has 0 amide bonds. The van der Waals surface area contributed by atoms with Crippen molar-refractivity contribution in [3.8, 4) is 0 Å². The van der Waals surface area contributed by atoms with Crippen LogP contribution in [0.2, 0.25) is 0 Å². The van der Waals surface area contributed by atoms with Gasteiger partial charge in [-0.1, -0.05) is 0 Å². The quantitative estimate of drug-likeness (QED) is 0.768. The number of nitrogens with one attached hydrogen (secondary N) is 1. The van der Waals surface area contributed by atoms with Gasteiger partial charge >= 0.3 is 0 Å². The van der Waals surface area contributed by atoms with E-state index in [1.54, 1.807) is 12.1 Å². The number of nitrogens with zero attached hydrogens (tertiary/aromatic N) is 1. The first kappa shape index (κ1) is 14.9. The van der Waals surface area contributed by atoms with Crippen molar-refractivity contribution in [2.24, 2.45) is 5.73 Å². The minimum Gasteiger partial charge on any atom is -0.372 e. The lowest BCUT2D eigenvalue weighted by Gasteiger charge is -2.23. The smallest absolute Gasteiger partial charge is 0.240 e. The van der Waals surface area contributed by atoms with E-state index >= 15 is 0 Å². The Labute approximate surface area is 109 Å². The van der Waals surface area contributed by atoms with E-state index in [4.69, 9.17) is 5.73 Å². The van der Waals surface area contributed by atoms with E-state index < -0.39 is 10.0 Å². The molecule has 0 heterocycles. The van der Waals surface area contributed by atoms with Gasteiger partial charge in [0.1, 0.15) is 0 Å². The van der Waals surface area contributed by atoms with E-state index in [1.807, 2.05) is 12.1 Å². The molecule has 18 heavy (non-hydrogen) atoms. The Kier molecular flexibility index (Phi) is 5.58. The molecule has 6 heteroatoms. The molecule has 1 rings (SSSR count). The third-order valence-electron chi connectivity index (χ3n) is 2.79. The van der Waals surface area contributed by atoms with E-state index in [0.29, 0.717) is 6.54 Å². The molecule has 0 aliphatic carbocycles. The van der Waals surface area contributed by atoms with Gasteiger partial charge in [0.2, 0.25) is 10.0 Å². The molecule has 5 nitrogen and oxygen atoms in total. The highest BCUT2D eigenvalue weighted by molar-refractivity contribution is 7.89. The molecule has 0 aromatic heterocycles. The van der Waals surface area contributed by atoms with Gasteiger partial charge in [-0.3, -0.25) is 0 Å². The largest absolute Gasteiger partial charge is 0.372 e. The van der Waals surface area contributed by atoms with Crippen LogP contribution in [0.25, 0.3) is 0 Å². The van der Waals surface area contributed by atoms with Crippen LogP contribution in [-0.2, 0) is 10.0 Å². The first-order valence-corrected chi connectivity index (χ1v) is 7.52. The highest BCUT2D eigenvalue weighted by Gasteiger charge is 2.11. The van der Waals surface area contributed by atoms with Crippen molar-refractivity contribution < 1.29 is 8.42 Å². The second kappa shape index (κ2) is 6.72. The molecule has 1 aromatic carbocycles. The fourth-order valence-electron chi connectivity index (χ4n) is 1.71.